The highest BCUT2D eigenvalue weighted by Gasteiger charge is 1.90. The number of phenols is 1. The van der Waals surface area contributed by atoms with Gasteiger partial charge < -0.3 is 5.11 Å². The highest BCUT2D eigenvalue weighted by Crippen LogP contribution is 2.09. The fraction of sp³-hybridized carbons (Fsp3) is 0.143. The van der Waals surface area contributed by atoms with Gasteiger partial charge >= 0.3 is 0 Å². The molecule has 0 aliphatic carbocycles. The van der Waals surface area contributed by atoms with Crippen LogP contribution in [0.5, 0.6) is 5.75 Å². The lowest BCUT2D eigenvalue weighted by Crippen LogP contribution is -1.85. The molecular formula is C7H8O3. The average molecular weight is 140 g/mol. The van der Waals surface area contributed by atoms with Gasteiger partial charge in [0.15, 0.2) is 0 Å². The lowest BCUT2D eigenvalue weighted by molar-refractivity contribution is -0.253. The van der Waals surface area contributed by atoms with Crippen LogP contribution in [0.2, 0.25) is 0 Å². The Morgan fingerprint density at radius 3 is 2.30 bits per heavy atom. The van der Waals surface area contributed by atoms with Gasteiger partial charge in [-0.25, -0.2) is 4.89 Å². The number of aromatic hydroxyl groups is 1. The SMILES string of the molecule is OOCc1ccc(O)cc1. The van der Waals surface area contributed by atoms with E-state index in [4.69, 9.17) is 10.4 Å². The van der Waals surface area contributed by atoms with Crippen LogP contribution in [0, 0.1) is 0 Å². The zero-order valence-corrected chi connectivity index (χ0v) is 5.32. The molecule has 0 spiro atoms. The van der Waals surface area contributed by atoms with Crippen molar-refractivity contribution in [1.29, 1.82) is 0 Å². The molecule has 1 aromatic rings. The molecule has 54 valence electrons. The zero-order chi connectivity index (χ0) is 7.40. The molecule has 0 heterocycles. The number of benzene rings is 1. The molecule has 0 saturated heterocycles. The Morgan fingerprint density at radius 2 is 1.80 bits per heavy atom. The molecule has 0 atom stereocenters. The van der Waals surface area contributed by atoms with Crippen molar-refractivity contribution in [2.24, 2.45) is 0 Å². The summed E-state index contributed by atoms with van der Waals surface area (Å²) in [7, 11) is 0. The highest BCUT2D eigenvalue weighted by atomic mass is 17.1. The maximum Gasteiger partial charge on any atom is 0.115 e. The normalized spacial score (nSPS) is 9.70. The second kappa shape index (κ2) is 3.20. The lowest BCUT2D eigenvalue weighted by Gasteiger charge is -1.96. The predicted octanol–water partition coefficient (Wildman–Crippen LogP) is 1.38. The third-order valence-corrected chi connectivity index (χ3v) is 1.17. The van der Waals surface area contributed by atoms with E-state index in [0.29, 0.717) is 0 Å². The second-order valence-electron chi connectivity index (χ2n) is 1.94. The van der Waals surface area contributed by atoms with Crippen molar-refractivity contribution in [2.75, 3.05) is 0 Å². The Balaban J connectivity index is 2.69. The maximum absolute atomic E-state index is 8.82. The summed E-state index contributed by atoms with van der Waals surface area (Å²) in [6, 6.07) is 6.42. The van der Waals surface area contributed by atoms with E-state index in [1.54, 1.807) is 12.1 Å². The molecule has 0 amide bonds. The standard InChI is InChI=1S/C7H8O3/c8-7-3-1-6(2-4-7)5-10-9/h1-4,8-9H,5H2. The molecule has 2 N–H and O–H groups in total. The van der Waals surface area contributed by atoms with Crippen LogP contribution in [-0.4, -0.2) is 10.4 Å². The Labute approximate surface area is 58.4 Å². The molecular weight excluding hydrogens is 132 g/mol. The van der Waals surface area contributed by atoms with Crippen LogP contribution < -0.4 is 0 Å². The first-order valence-corrected chi connectivity index (χ1v) is 2.87. The Morgan fingerprint density at radius 1 is 1.20 bits per heavy atom. The monoisotopic (exact) mass is 140 g/mol. The summed E-state index contributed by atoms with van der Waals surface area (Å²) in [6.07, 6.45) is 0. The molecule has 0 unspecified atom stereocenters. The van der Waals surface area contributed by atoms with E-state index >= 15 is 0 Å². The van der Waals surface area contributed by atoms with E-state index in [1.165, 1.54) is 12.1 Å². The minimum atomic E-state index is 0.153. The lowest BCUT2D eigenvalue weighted by atomic mass is 10.2. The molecule has 0 aliphatic heterocycles. The molecule has 1 rings (SSSR count). The molecule has 3 heteroatoms. The molecule has 1 aromatic carbocycles. The van der Waals surface area contributed by atoms with Crippen LogP contribution in [0.1, 0.15) is 5.56 Å². The summed E-state index contributed by atoms with van der Waals surface area (Å²) in [6.45, 7) is 0.153. The van der Waals surface area contributed by atoms with Crippen molar-refractivity contribution in [1.82, 2.24) is 0 Å². The summed E-state index contributed by atoms with van der Waals surface area (Å²) >= 11 is 0. The zero-order valence-electron chi connectivity index (χ0n) is 5.32. The molecule has 0 aliphatic rings. The van der Waals surface area contributed by atoms with Gasteiger partial charge in [-0.15, -0.1) is 0 Å². The first kappa shape index (κ1) is 7.05. The molecule has 0 radical (unpaired) electrons. The van der Waals surface area contributed by atoms with Crippen LogP contribution in [0.3, 0.4) is 0 Å². The largest absolute Gasteiger partial charge is 0.508 e. The van der Waals surface area contributed by atoms with Gasteiger partial charge in [-0.2, -0.15) is 0 Å². The van der Waals surface area contributed by atoms with Crippen molar-refractivity contribution >= 4 is 0 Å². The van der Waals surface area contributed by atoms with Gasteiger partial charge in [-0.1, -0.05) is 12.1 Å². The predicted molar refractivity (Wildman–Crippen MR) is 35.5 cm³/mol. The number of rotatable bonds is 2. The minimum Gasteiger partial charge on any atom is -0.508 e. The first-order valence-electron chi connectivity index (χ1n) is 2.87. The van der Waals surface area contributed by atoms with Gasteiger partial charge in [0.05, 0.1) is 0 Å². The summed E-state index contributed by atoms with van der Waals surface area (Å²) in [4.78, 5) is 3.89. The van der Waals surface area contributed by atoms with E-state index < -0.39 is 0 Å². The number of phenolic OH excluding ortho intramolecular Hbond substituents is 1. The first-order chi connectivity index (χ1) is 4.83. The van der Waals surface area contributed by atoms with Crippen molar-refractivity contribution < 1.29 is 15.3 Å². The van der Waals surface area contributed by atoms with Crippen molar-refractivity contribution in [3.63, 3.8) is 0 Å². The highest BCUT2D eigenvalue weighted by molar-refractivity contribution is 5.25. The smallest absolute Gasteiger partial charge is 0.115 e. The quantitative estimate of drug-likeness (QED) is 0.482. The van der Waals surface area contributed by atoms with Crippen LogP contribution in [0.25, 0.3) is 0 Å². The third-order valence-electron chi connectivity index (χ3n) is 1.17. The average Bonchev–Trinajstić information content (AvgIpc) is 1.95. The molecule has 10 heavy (non-hydrogen) atoms. The van der Waals surface area contributed by atoms with Gasteiger partial charge in [-0.05, 0) is 17.7 Å². The van der Waals surface area contributed by atoms with Crippen LogP contribution in [0.15, 0.2) is 24.3 Å². The van der Waals surface area contributed by atoms with E-state index in [2.05, 4.69) is 4.89 Å². The van der Waals surface area contributed by atoms with Gasteiger partial charge in [0, 0.05) is 0 Å². The van der Waals surface area contributed by atoms with Crippen LogP contribution >= 0.6 is 0 Å². The fourth-order valence-corrected chi connectivity index (χ4v) is 0.667. The van der Waals surface area contributed by atoms with E-state index in [0.717, 1.165) is 5.56 Å². The minimum absolute atomic E-state index is 0.153. The van der Waals surface area contributed by atoms with E-state index in [-0.39, 0.29) is 12.4 Å². The molecule has 0 saturated carbocycles. The van der Waals surface area contributed by atoms with Gasteiger partial charge in [0.2, 0.25) is 0 Å². The second-order valence-corrected chi connectivity index (χ2v) is 1.94. The van der Waals surface area contributed by atoms with E-state index in [9.17, 15) is 0 Å². The molecule has 0 bridgehead atoms. The Bertz CT molecular complexity index is 193. The summed E-state index contributed by atoms with van der Waals surface area (Å²) in [5.74, 6) is 0.210. The van der Waals surface area contributed by atoms with Crippen LogP contribution in [0.4, 0.5) is 0 Å². The third kappa shape index (κ3) is 1.72. The Hall–Kier alpha value is -1.06. The summed E-state index contributed by atoms with van der Waals surface area (Å²) in [5.41, 5.74) is 0.820. The fourth-order valence-electron chi connectivity index (χ4n) is 0.667. The van der Waals surface area contributed by atoms with Crippen molar-refractivity contribution in [3.05, 3.63) is 29.8 Å². The molecule has 0 aromatic heterocycles. The van der Waals surface area contributed by atoms with Gasteiger partial charge in [0.25, 0.3) is 0 Å². The van der Waals surface area contributed by atoms with Gasteiger partial charge in [0.1, 0.15) is 12.4 Å². The van der Waals surface area contributed by atoms with E-state index in [1.807, 2.05) is 0 Å². The number of hydrogen-bond donors (Lipinski definition) is 2. The molecule has 0 fully saturated rings. The Kier molecular flexibility index (Phi) is 2.25. The maximum atomic E-state index is 8.82. The summed E-state index contributed by atoms with van der Waals surface area (Å²) in [5, 5.41) is 16.8. The van der Waals surface area contributed by atoms with Crippen molar-refractivity contribution in [2.45, 2.75) is 6.61 Å². The van der Waals surface area contributed by atoms with Gasteiger partial charge in [-0.3, -0.25) is 5.26 Å². The summed E-state index contributed by atoms with van der Waals surface area (Å²) < 4.78 is 0. The van der Waals surface area contributed by atoms with Crippen LogP contribution in [-0.2, 0) is 11.5 Å². The topological polar surface area (TPSA) is 49.7 Å². The van der Waals surface area contributed by atoms with Crippen molar-refractivity contribution in [3.8, 4) is 5.75 Å². The number of hydrogen-bond acceptors (Lipinski definition) is 3. The molecule has 3 nitrogen and oxygen atoms in total.